The predicted octanol–water partition coefficient (Wildman–Crippen LogP) is 0.616. The van der Waals surface area contributed by atoms with Crippen LogP contribution in [-0.2, 0) is 18.0 Å². The van der Waals surface area contributed by atoms with Crippen LogP contribution in [0.3, 0.4) is 0 Å². The summed E-state index contributed by atoms with van der Waals surface area (Å²) in [6, 6.07) is 3.99. The van der Waals surface area contributed by atoms with Crippen LogP contribution in [0, 0.1) is 0 Å². The predicted molar refractivity (Wildman–Crippen MR) is 35.9 cm³/mol. The SMILES string of the molecule is c1cnc2c(c1)CNOC2. The second-order valence-corrected chi connectivity index (χ2v) is 2.22. The maximum absolute atomic E-state index is 4.98. The van der Waals surface area contributed by atoms with Crippen molar-refractivity contribution >= 4 is 0 Å². The van der Waals surface area contributed by atoms with E-state index in [2.05, 4.69) is 16.5 Å². The number of pyridine rings is 1. The average Bonchev–Trinajstić information content (AvgIpc) is 2.05. The van der Waals surface area contributed by atoms with Crippen molar-refractivity contribution in [3.05, 3.63) is 29.6 Å². The molecule has 0 radical (unpaired) electrons. The molecule has 2 rings (SSSR count). The molecule has 0 unspecified atom stereocenters. The molecule has 0 saturated carbocycles. The quantitative estimate of drug-likeness (QED) is 0.567. The minimum Gasteiger partial charge on any atom is -0.295 e. The highest BCUT2D eigenvalue weighted by Crippen LogP contribution is 2.09. The van der Waals surface area contributed by atoms with Crippen molar-refractivity contribution in [2.75, 3.05) is 0 Å². The summed E-state index contributed by atoms with van der Waals surface area (Å²) in [5, 5.41) is 0. The molecular weight excluding hydrogens is 128 g/mol. The van der Waals surface area contributed by atoms with Crippen molar-refractivity contribution < 1.29 is 4.84 Å². The lowest BCUT2D eigenvalue weighted by Crippen LogP contribution is -2.21. The van der Waals surface area contributed by atoms with E-state index in [4.69, 9.17) is 4.84 Å². The van der Waals surface area contributed by atoms with Crippen molar-refractivity contribution in [3.8, 4) is 0 Å². The van der Waals surface area contributed by atoms with E-state index in [1.165, 1.54) is 5.56 Å². The number of fused-ring (bicyclic) bond motifs is 1. The number of hydrogen-bond acceptors (Lipinski definition) is 3. The second kappa shape index (κ2) is 2.36. The number of nitrogens with zero attached hydrogens (tertiary/aromatic N) is 1. The normalized spacial score (nSPS) is 16.4. The van der Waals surface area contributed by atoms with Crippen LogP contribution in [0.2, 0.25) is 0 Å². The maximum Gasteiger partial charge on any atom is 0.111 e. The highest BCUT2D eigenvalue weighted by atomic mass is 16.6. The van der Waals surface area contributed by atoms with E-state index >= 15 is 0 Å². The van der Waals surface area contributed by atoms with Gasteiger partial charge in [-0.1, -0.05) is 6.07 Å². The van der Waals surface area contributed by atoms with E-state index in [1.807, 2.05) is 6.07 Å². The van der Waals surface area contributed by atoms with Crippen LogP contribution >= 0.6 is 0 Å². The van der Waals surface area contributed by atoms with Gasteiger partial charge in [0, 0.05) is 12.7 Å². The lowest BCUT2D eigenvalue weighted by atomic mass is 10.2. The number of hydroxylamine groups is 1. The van der Waals surface area contributed by atoms with Crippen molar-refractivity contribution in [1.29, 1.82) is 0 Å². The topological polar surface area (TPSA) is 34.2 Å². The number of aromatic nitrogens is 1. The van der Waals surface area contributed by atoms with Gasteiger partial charge in [0.1, 0.15) is 6.61 Å². The summed E-state index contributed by atoms with van der Waals surface area (Å²) in [4.78, 5) is 9.14. The zero-order valence-corrected chi connectivity index (χ0v) is 5.50. The third-order valence-corrected chi connectivity index (χ3v) is 1.56. The molecule has 2 heterocycles. The van der Waals surface area contributed by atoms with Gasteiger partial charge in [0.05, 0.1) is 5.69 Å². The molecule has 0 saturated heterocycles. The van der Waals surface area contributed by atoms with Crippen LogP contribution in [0.25, 0.3) is 0 Å². The minimum absolute atomic E-state index is 0.580. The Morgan fingerprint density at radius 1 is 1.60 bits per heavy atom. The molecule has 0 aliphatic carbocycles. The third-order valence-electron chi connectivity index (χ3n) is 1.56. The van der Waals surface area contributed by atoms with Crippen LogP contribution < -0.4 is 5.48 Å². The summed E-state index contributed by atoms with van der Waals surface area (Å²) in [5.74, 6) is 0. The average molecular weight is 136 g/mol. The molecule has 0 fully saturated rings. The first-order valence-electron chi connectivity index (χ1n) is 3.24. The summed E-state index contributed by atoms with van der Waals surface area (Å²) in [5.41, 5.74) is 5.07. The molecule has 0 spiro atoms. The van der Waals surface area contributed by atoms with E-state index < -0.39 is 0 Å². The van der Waals surface area contributed by atoms with Gasteiger partial charge in [-0.15, -0.1) is 0 Å². The molecule has 3 nitrogen and oxygen atoms in total. The van der Waals surface area contributed by atoms with Crippen molar-refractivity contribution in [3.63, 3.8) is 0 Å². The lowest BCUT2D eigenvalue weighted by molar-refractivity contribution is 0.00839. The van der Waals surface area contributed by atoms with Crippen LogP contribution in [0.5, 0.6) is 0 Å². The lowest BCUT2D eigenvalue weighted by Gasteiger charge is -2.14. The van der Waals surface area contributed by atoms with Crippen molar-refractivity contribution in [1.82, 2.24) is 10.5 Å². The van der Waals surface area contributed by atoms with Gasteiger partial charge < -0.3 is 0 Å². The van der Waals surface area contributed by atoms with Gasteiger partial charge in [-0.3, -0.25) is 9.82 Å². The van der Waals surface area contributed by atoms with Crippen LogP contribution in [0.15, 0.2) is 18.3 Å². The fraction of sp³-hybridized carbons (Fsp3) is 0.286. The fourth-order valence-corrected chi connectivity index (χ4v) is 1.01. The number of hydrogen-bond donors (Lipinski definition) is 1. The van der Waals surface area contributed by atoms with Crippen molar-refractivity contribution in [2.24, 2.45) is 0 Å². The highest BCUT2D eigenvalue weighted by molar-refractivity contribution is 5.19. The summed E-state index contributed by atoms with van der Waals surface area (Å²) < 4.78 is 0. The highest BCUT2D eigenvalue weighted by Gasteiger charge is 2.07. The first-order chi connectivity index (χ1) is 4.97. The monoisotopic (exact) mass is 136 g/mol. The summed E-state index contributed by atoms with van der Waals surface area (Å²) in [7, 11) is 0. The zero-order chi connectivity index (χ0) is 6.81. The van der Waals surface area contributed by atoms with Gasteiger partial charge in [-0.05, 0) is 11.6 Å². The van der Waals surface area contributed by atoms with Gasteiger partial charge in [-0.2, -0.15) is 5.48 Å². The van der Waals surface area contributed by atoms with E-state index in [-0.39, 0.29) is 0 Å². The first-order valence-corrected chi connectivity index (χ1v) is 3.24. The Bertz CT molecular complexity index is 212. The standard InChI is InChI=1S/C7H8N2O/c1-2-6-4-9-10-5-7(6)8-3-1/h1-3,9H,4-5H2. The molecule has 10 heavy (non-hydrogen) atoms. The van der Waals surface area contributed by atoms with Crippen LogP contribution in [0.4, 0.5) is 0 Å². The van der Waals surface area contributed by atoms with E-state index in [1.54, 1.807) is 6.20 Å². The van der Waals surface area contributed by atoms with E-state index in [0.29, 0.717) is 6.61 Å². The van der Waals surface area contributed by atoms with E-state index in [9.17, 15) is 0 Å². The fourth-order valence-electron chi connectivity index (χ4n) is 1.01. The van der Waals surface area contributed by atoms with Gasteiger partial charge >= 0.3 is 0 Å². The Morgan fingerprint density at radius 3 is 3.50 bits per heavy atom. The molecule has 1 aromatic rings. The molecule has 0 amide bonds. The molecule has 3 heteroatoms. The molecule has 1 aliphatic heterocycles. The van der Waals surface area contributed by atoms with Crippen LogP contribution in [-0.4, -0.2) is 4.98 Å². The summed E-state index contributed by atoms with van der Waals surface area (Å²) in [6.07, 6.45) is 1.79. The van der Waals surface area contributed by atoms with E-state index in [0.717, 1.165) is 12.2 Å². The maximum atomic E-state index is 4.98. The molecule has 52 valence electrons. The molecule has 1 aromatic heterocycles. The summed E-state index contributed by atoms with van der Waals surface area (Å²) >= 11 is 0. The summed E-state index contributed by atoms with van der Waals surface area (Å²) in [6.45, 7) is 1.35. The van der Waals surface area contributed by atoms with Gasteiger partial charge in [0.15, 0.2) is 0 Å². The third kappa shape index (κ3) is 0.894. The minimum atomic E-state index is 0.580. The molecule has 0 aromatic carbocycles. The molecular formula is C7H8N2O. The Labute approximate surface area is 59.0 Å². The Morgan fingerprint density at radius 2 is 2.60 bits per heavy atom. The number of rotatable bonds is 0. The van der Waals surface area contributed by atoms with Crippen molar-refractivity contribution in [2.45, 2.75) is 13.2 Å². The largest absolute Gasteiger partial charge is 0.295 e. The molecule has 1 N–H and O–H groups in total. The van der Waals surface area contributed by atoms with Gasteiger partial charge in [0.2, 0.25) is 0 Å². The van der Waals surface area contributed by atoms with Crippen LogP contribution in [0.1, 0.15) is 11.3 Å². The van der Waals surface area contributed by atoms with Gasteiger partial charge in [0.25, 0.3) is 0 Å². The molecule has 0 bridgehead atoms. The Hall–Kier alpha value is -0.930. The Balaban J connectivity index is 2.41. The smallest absolute Gasteiger partial charge is 0.111 e. The molecule has 1 aliphatic rings. The van der Waals surface area contributed by atoms with Gasteiger partial charge in [-0.25, -0.2) is 0 Å². The first kappa shape index (κ1) is 5.82. The molecule has 0 atom stereocenters. The Kier molecular flexibility index (Phi) is 1.38. The second-order valence-electron chi connectivity index (χ2n) is 2.22. The zero-order valence-electron chi connectivity index (χ0n) is 5.50. The number of nitrogens with one attached hydrogen (secondary N) is 1.